The summed E-state index contributed by atoms with van der Waals surface area (Å²) in [6.07, 6.45) is -0.809. The lowest BCUT2D eigenvalue weighted by Gasteiger charge is -2.10. The topological polar surface area (TPSA) is 98.6 Å². The van der Waals surface area contributed by atoms with Gasteiger partial charge in [-0.2, -0.15) is 0 Å². The van der Waals surface area contributed by atoms with Crippen LogP contribution >= 0.6 is 0 Å². The molecule has 0 aliphatic heterocycles. The third-order valence-corrected chi connectivity index (χ3v) is 1.51. The summed E-state index contributed by atoms with van der Waals surface area (Å²) >= 11 is 0. The normalized spacial score (nSPS) is 12.1. The fourth-order valence-electron chi connectivity index (χ4n) is 0.858. The maximum absolute atomic E-state index is 10.3. The number of nitrogens with two attached hydrogens (primary N) is 1. The SMILES string of the molecule is NC(CO)Oc1ccc([N+](=O)[O-])cc1. The highest BCUT2D eigenvalue weighted by atomic mass is 16.6. The second-order valence-corrected chi connectivity index (χ2v) is 2.59. The molecule has 6 heteroatoms. The van der Waals surface area contributed by atoms with Gasteiger partial charge in [-0.15, -0.1) is 0 Å². The number of aliphatic hydroxyl groups excluding tert-OH is 1. The summed E-state index contributed by atoms with van der Waals surface area (Å²) in [5.74, 6) is 0.386. The lowest BCUT2D eigenvalue weighted by molar-refractivity contribution is -0.384. The second kappa shape index (κ2) is 4.54. The molecular weight excluding hydrogens is 188 g/mol. The van der Waals surface area contributed by atoms with Crippen LogP contribution in [0.1, 0.15) is 0 Å². The second-order valence-electron chi connectivity index (χ2n) is 2.59. The van der Waals surface area contributed by atoms with E-state index in [1.807, 2.05) is 0 Å². The minimum absolute atomic E-state index is 0.0186. The molecule has 3 N–H and O–H groups in total. The van der Waals surface area contributed by atoms with Gasteiger partial charge in [0.15, 0.2) is 6.23 Å². The molecule has 1 unspecified atom stereocenters. The van der Waals surface area contributed by atoms with Gasteiger partial charge in [-0.25, -0.2) is 0 Å². The maximum atomic E-state index is 10.3. The van der Waals surface area contributed by atoms with Crippen LogP contribution in [-0.2, 0) is 0 Å². The quantitative estimate of drug-likeness (QED) is 0.410. The van der Waals surface area contributed by atoms with Crippen molar-refractivity contribution in [3.05, 3.63) is 34.4 Å². The molecule has 1 aromatic rings. The Bertz CT molecular complexity index is 312. The molecule has 14 heavy (non-hydrogen) atoms. The Morgan fingerprint density at radius 1 is 1.50 bits per heavy atom. The molecule has 0 radical (unpaired) electrons. The van der Waals surface area contributed by atoms with Crippen molar-refractivity contribution in [1.29, 1.82) is 0 Å². The summed E-state index contributed by atoms with van der Waals surface area (Å²) in [6, 6.07) is 5.46. The Hall–Kier alpha value is -1.66. The molecule has 0 aliphatic carbocycles. The molecule has 0 saturated heterocycles. The predicted molar refractivity (Wildman–Crippen MR) is 48.8 cm³/mol. The Morgan fingerprint density at radius 2 is 2.07 bits per heavy atom. The molecule has 0 fully saturated rings. The highest BCUT2D eigenvalue weighted by Crippen LogP contribution is 2.17. The first kappa shape index (κ1) is 10.4. The highest BCUT2D eigenvalue weighted by molar-refractivity contribution is 5.36. The molecule has 6 nitrogen and oxygen atoms in total. The van der Waals surface area contributed by atoms with Crippen LogP contribution < -0.4 is 10.5 Å². The average Bonchev–Trinajstić information content (AvgIpc) is 2.18. The van der Waals surface area contributed by atoms with Crippen LogP contribution in [-0.4, -0.2) is 22.9 Å². The van der Waals surface area contributed by atoms with Gasteiger partial charge in [0.1, 0.15) is 5.75 Å². The molecule has 0 aromatic heterocycles. The number of benzene rings is 1. The maximum Gasteiger partial charge on any atom is 0.269 e. The third kappa shape index (κ3) is 2.68. The lowest BCUT2D eigenvalue weighted by Crippen LogP contribution is -2.30. The number of nitro groups is 1. The summed E-state index contributed by atoms with van der Waals surface area (Å²) in [5, 5.41) is 18.9. The molecule has 1 rings (SSSR count). The minimum atomic E-state index is -0.809. The van der Waals surface area contributed by atoms with Gasteiger partial charge in [-0.3, -0.25) is 15.8 Å². The van der Waals surface area contributed by atoms with Gasteiger partial charge in [-0.05, 0) is 12.1 Å². The summed E-state index contributed by atoms with van der Waals surface area (Å²) in [7, 11) is 0. The molecule has 0 aliphatic rings. The monoisotopic (exact) mass is 198 g/mol. The van der Waals surface area contributed by atoms with Crippen molar-refractivity contribution in [2.45, 2.75) is 6.23 Å². The smallest absolute Gasteiger partial charge is 0.269 e. The first-order valence-corrected chi connectivity index (χ1v) is 3.91. The molecule has 0 bridgehead atoms. The predicted octanol–water partition coefficient (Wildman–Crippen LogP) is 0.251. The molecule has 0 heterocycles. The summed E-state index contributed by atoms with van der Waals surface area (Å²) in [6.45, 7) is -0.309. The summed E-state index contributed by atoms with van der Waals surface area (Å²) in [5.41, 5.74) is 5.28. The number of hydrogen-bond acceptors (Lipinski definition) is 5. The zero-order valence-electron chi connectivity index (χ0n) is 7.29. The molecule has 1 aromatic carbocycles. The van der Waals surface area contributed by atoms with E-state index in [0.717, 1.165) is 0 Å². The van der Waals surface area contributed by atoms with Crippen LogP contribution in [0.5, 0.6) is 5.75 Å². The van der Waals surface area contributed by atoms with Gasteiger partial charge in [-0.1, -0.05) is 0 Å². The first-order valence-electron chi connectivity index (χ1n) is 3.91. The van der Waals surface area contributed by atoms with Gasteiger partial charge in [0.2, 0.25) is 0 Å². The van der Waals surface area contributed by atoms with Crippen molar-refractivity contribution < 1.29 is 14.8 Å². The number of aliphatic hydroxyl groups is 1. The summed E-state index contributed by atoms with van der Waals surface area (Å²) in [4.78, 5) is 9.79. The third-order valence-electron chi connectivity index (χ3n) is 1.51. The van der Waals surface area contributed by atoms with Crippen molar-refractivity contribution in [2.75, 3.05) is 6.61 Å². The Balaban J connectivity index is 2.68. The van der Waals surface area contributed by atoms with Crippen molar-refractivity contribution in [3.63, 3.8) is 0 Å². The van der Waals surface area contributed by atoms with E-state index in [4.69, 9.17) is 15.6 Å². The Morgan fingerprint density at radius 3 is 2.50 bits per heavy atom. The number of ether oxygens (including phenoxy) is 1. The minimum Gasteiger partial charge on any atom is -0.473 e. The molecular formula is C8H10N2O4. The molecule has 0 spiro atoms. The van der Waals surface area contributed by atoms with E-state index in [1.54, 1.807) is 0 Å². The Kier molecular flexibility index (Phi) is 3.38. The van der Waals surface area contributed by atoms with Crippen LogP contribution in [0.3, 0.4) is 0 Å². The van der Waals surface area contributed by atoms with Gasteiger partial charge in [0.25, 0.3) is 5.69 Å². The van der Waals surface area contributed by atoms with Crippen LogP contribution in [0.25, 0.3) is 0 Å². The van der Waals surface area contributed by atoms with Crippen molar-refractivity contribution in [3.8, 4) is 5.75 Å². The van der Waals surface area contributed by atoms with Gasteiger partial charge in [0, 0.05) is 12.1 Å². The zero-order chi connectivity index (χ0) is 10.6. The number of nitro benzene ring substituents is 1. The fraction of sp³-hybridized carbons (Fsp3) is 0.250. The molecule has 76 valence electrons. The first-order chi connectivity index (χ1) is 6.63. The number of non-ortho nitro benzene ring substituents is 1. The number of hydrogen-bond donors (Lipinski definition) is 2. The number of nitrogens with zero attached hydrogens (tertiary/aromatic N) is 1. The Labute approximate surface area is 80.1 Å². The van der Waals surface area contributed by atoms with E-state index < -0.39 is 11.2 Å². The van der Waals surface area contributed by atoms with Crippen molar-refractivity contribution in [2.24, 2.45) is 5.73 Å². The average molecular weight is 198 g/mol. The van der Waals surface area contributed by atoms with Gasteiger partial charge < -0.3 is 9.84 Å². The van der Waals surface area contributed by atoms with Crippen LogP contribution in [0.2, 0.25) is 0 Å². The standard InChI is InChI=1S/C8H10N2O4/c9-8(5-11)14-7-3-1-6(2-4-7)10(12)13/h1-4,8,11H,5,9H2. The van der Waals surface area contributed by atoms with E-state index in [0.29, 0.717) is 5.75 Å². The van der Waals surface area contributed by atoms with Gasteiger partial charge >= 0.3 is 0 Å². The fourth-order valence-corrected chi connectivity index (χ4v) is 0.858. The highest BCUT2D eigenvalue weighted by Gasteiger charge is 2.06. The zero-order valence-corrected chi connectivity index (χ0v) is 7.29. The van der Waals surface area contributed by atoms with Crippen LogP contribution in [0, 0.1) is 10.1 Å². The van der Waals surface area contributed by atoms with E-state index in [9.17, 15) is 10.1 Å². The molecule has 1 atom stereocenters. The van der Waals surface area contributed by atoms with Crippen molar-refractivity contribution in [1.82, 2.24) is 0 Å². The van der Waals surface area contributed by atoms with Crippen molar-refractivity contribution >= 4 is 5.69 Å². The largest absolute Gasteiger partial charge is 0.473 e. The van der Waals surface area contributed by atoms with Crippen LogP contribution in [0.15, 0.2) is 24.3 Å². The van der Waals surface area contributed by atoms with Gasteiger partial charge in [0.05, 0.1) is 11.5 Å². The summed E-state index contributed by atoms with van der Waals surface area (Å²) < 4.78 is 5.00. The number of rotatable bonds is 4. The van der Waals surface area contributed by atoms with E-state index in [-0.39, 0.29) is 12.3 Å². The van der Waals surface area contributed by atoms with Crippen LogP contribution in [0.4, 0.5) is 5.69 Å². The molecule has 0 saturated carbocycles. The van der Waals surface area contributed by atoms with E-state index in [2.05, 4.69) is 0 Å². The molecule has 0 amide bonds. The van der Waals surface area contributed by atoms with E-state index >= 15 is 0 Å². The lowest BCUT2D eigenvalue weighted by atomic mass is 10.3. The van der Waals surface area contributed by atoms with E-state index in [1.165, 1.54) is 24.3 Å².